The Labute approximate surface area is 202 Å². The van der Waals surface area contributed by atoms with Crippen LogP contribution in [-0.2, 0) is 14.3 Å². The Morgan fingerprint density at radius 3 is 2.26 bits per heavy atom. The van der Waals surface area contributed by atoms with Crippen LogP contribution in [0.3, 0.4) is 0 Å². The summed E-state index contributed by atoms with van der Waals surface area (Å²) in [5.41, 5.74) is 4.11. The third-order valence-corrected chi connectivity index (χ3v) is 6.94. The molecular formula is C26H28F2N2O5. The van der Waals surface area contributed by atoms with Crippen molar-refractivity contribution >= 4 is 18.0 Å². The zero-order chi connectivity index (χ0) is 25.1. The summed E-state index contributed by atoms with van der Waals surface area (Å²) in [6, 6.07) is 13.4. The molecule has 1 saturated heterocycles. The Hall–Kier alpha value is -3.49. The molecule has 2 aromatic carbocycles. The number of fused-ring (bicyclic) bond motifs is 3. The first-order chi connectivity index (χ1) is 16.8. The van der Waals surface area contributed by atoms with Crippen LogP contribution in [0.5, 0.6) is 0 Å². The van der Waals surface area contributed by atoms with E-state index in [1.807, 2.05) is 48.5 Å². The van der Waals surface area contributed by atoms with E-state index < -0.39 is 48.8 Å². The second-order valence-corrected chi connectivity index (χ2v) is 9.01. The maximum Gasteiger partial charge on any atom is 0.407 e. The first-order valence-electron chi connectivity index (χ1n) is 11.7. The van der Waals surface area contributed by atoms with Crippen molar-refractivity contribution in [1.82, 2.24) is 10.2 Å². The van der Waals surface area contributed by atoms with Gasteiger partial charge in [-0.2, -0.15) is 0 Å². The van der Waals surface area contributed by atoms with Crippen LogP contribution in [0.25, 0.3) is 11.1 Å². The number of alkyl halides is 2. The highest BCUT2D eigenvalue weighted by Crippen LogP contribution is 2.44. The quantitative estimate of drug-likeness (QED) is 0.610. The van der Waals surface area contributed by atoms with Crippen LogP contribution in [0, 0.1) is 5.92 Å². The summed E-state index contributed by atoms with van der Waals surface area (Å²) in [7, 11) is 0. The van der Waals surface area contributed by atoms with Crippen LogP contribution in [0.15, 0.2) is 48.5 Å². The summed E-state index contributed by atoms with van der Waals surface area (Å²) in [6.45, 7) is 1.81. The van der Waals surface area contributed by atoms with E-state index in [0.29, 0.717) is 12.8 Å². The number of amides is 2. The predicted octanol–water partition coefficient (Wildman–Crippen LogP) is 4.26. The standard InChI is InChI=1S/C26H28F2N2O5/c1-15-16(25(32)33)11-6-12-30(15)24(31)22(13-23(27)28)29-26(34)35-14-21-19-9-4-2-7-17(19)18-8-3-5-10-20(18)21/h2-5,7-10,15-16,21-23H,6,11-14H2,1H3,(H,29,34)(H,32,33). The number of nitrogens with zero attached hydrogens (tertiary/aromatic N) is 1. The van der Waals surface area contributed by atoms with Gasteiger partial charge in [0.25, 0.3) is 0 Å². The van der Waals surface area contributed by atoms with Gasteiger partial charge < -0.3 is 20.1 Å². The van der Waals surface area contributed by atoms with Gasteiger partial charge in [0.05, 0.1) is 5.92 Å². The lowest BCUT2D eigenvalue weighted by molar-refractivity contribution is -0.150. The van der Waals surface area contributed by atoms with Gasteiger partial charge in [0, 0.05) is 24.9 Å². The number of hydrogen-bond donors (Lipinski definition) is 2. The van der Waals surface area contributed by atoms with Gasteiger partial charge in [-0.25, -0.2) is 13.6 Å². The van der Waals surface area contributed by atoms with E-state index in [9.17, 15) is 28.3 Å². The van der Waals surface area contributed by atoms with Crippen molar-refractivity contribution in [2.24, 2.45) is 5.92 Å². The fraction of sp³-hybridized carbons (Fsp3) is 0.423. The van der Waals surface area contributed by atoms with Gasteiger partial charge in [0.15, 0.2) is 0 Å². The predicted molar refractivity (Wildman–Crippen MR) is 124 cm³/mol. The highest BCUT2D eigenvalue weighted by molar-refractivity contribution is 5.87. The van der Waals surface area contributed by atoms with Gasteiger partial charge in [0.1, 0.15) is 12.6 Å². The van der Waals surface area contributed by atoms with Gasteiger partial charge >= 0.3 is 12.1 Å². The number of hydrogen-bond acceptors (Lipinski definition) is 4. The lowest BCUT2D eigenvalue weighted by Gasteiger charge is -2.39. The normalized spacial score (nSPS) is 20.2. The number of carboxylic acid groups (broad SMARTS) is 1. The van der Waals surface area contributed by atoms with Crippen LogP contribution in [-0.4, -0.2) is 59.6 Å². The zero-order valence-corrected chi connectivity index (χ0v) is 19.3. The van der Waals surface area contributed by atoms with Gasteiger partial charge in [-0.05, 0) is 42.0 Å². The number of carbonyl (C=O) groups excluding carboxylic acids is 2. The van der Waals surface area contributed by atoms with Crippen molar-refractivity contribution in [2.45, 2.75) is 50.6 Å². The minimum Gasteiger partial charge on any atom is -0.481 e. The third-order valence-electron chi connectivity index (χ3n) is 6.94. The van der Waals surface area contributed by atoms with Crippen molar-refractivity contribution in [3.8, 4) is 11.1 Å². The lowest BCUT2D eigenvalue weighted by Crippen LogP contribution is -2.56. The van der Waals surface area contributed by atoms with Crippen molar-refractivity contribution in [3.63, 3.8) is 0 Å². The molecule has 0 radical (unpaired) electrons. The molecule has 3 atom stereocenters. The van der Waals surface area contributed by atoms with E-state index in [1.54, 1.807) is 6.92 Å². The highest BCUT2D eigenvalue weighted by Gasteiger charge is 2.39. The smallest absolute Gasteiger partial charge is 0.407 e. The Kier molecular flexibility index (Phi) is 7.33. The molecule has 1 aliphatic heterocycles. The van der Waals surface area contributed by atoms with Crippen LogP contribution in [0.1, 0.15) is 43.2 Å². The molecule has 1 heterocycles. The number of rotatable bonds is 7. The highest BCUT2D eigenvalue weighted by atomic mass is 19.3. The van der Waals surface area contributed by atoms with Crippen LogP contribution >= 0.6 is 0 Å². The number of ether oxygens (including phenoxy) is 1. The molecule has 2 N–H and O–H groups in total. The van der Waals surface area contributed by atoms with Crippen molar-refractivity contribution in [1.29, 1.82) is 0 Å². The maximum atomic E-state index is 13.3. The fourth-order valence-electron chi connectivity index (χ4n) is 5.17. The molecule has 186 valence electrons. The van der Waals surface area contributed by atoms with E-state index in [0.717, 1.165) is 22.3 Å². The molecule has 2 aliphatic rings. The van der Waals surface area contributed by atoms with Crippen molar-refractivity contribution in [2.75, 3.05) is 13.2 Å². The average Bonchev–Trinajstić information content (AvgIpc) is 3.15. The van der Waals surface area contributed by atoms with Gasteiger partial charge in [-0.1, -0.05) is 48.5 Å². The molecule has 1 fully saturated rings. The number of aliphatic carboxylic acids is 1. The van der Waals surface area contributed by atoms with E-state index in [4.69, 9.17) is 4.74 Å². The summed E-state index contributed by atoms with van der Waals surface area (Å²) in [6.07, 6.45) is -3.85. The number of carboxylic acids is 1. The van der Waals surface area contributed by atoms with Crippen molar-refractivity contribution in [3.05, 3.63) is 59.7 Å². The molecule has 7 nitrogen and oxygen atoms in total. The summed E-state index contributed by atoms with van der Waals surface area (Å²) in [5.74, 6) is -2.76. The minimum absolute atomic E-state index is 0.0172. The van der Waals surface area contributed by atoms with Gasteiger partial charge in [-0.15, -0.1) is 0 Å². The number of alkyl carbamates (subject to hydrolysis) is 1. The molecular weight excluding hydrogens is 458 g/mol. The molecule has 0 spiro atoms. The molecule has 1 aliphatic carbocycles. The number of likely N-dealkylation sites (tertiary alicyclic amines) is 1. The molecule has 35 heavy (non-hydrogen) atoms. The van der Waals surface area contributed by atoms with E-state index in [-0.39, 0.29) is 19.1 Å². The molecule has 2 amide bonds. The third kappa shape index (κ3) is 5.13. The molecule has 4 rings (SSSR count). The van der Waals surface area contributed by atoms with Crippen LogP contribution in [0.4, 0.5) is 13.6 Å². The van der Waals surface area contributed by atoms with E-state index in [2.05, 4.69) is 5.32 Å². The Balaban J connectivity index is 1.44. The summed E-state index contributed by atoms with van der Waals surface area (Å²) >= 11 is 0. The topological polar surface area (TPSA) is 95.9 Å². The van der Waals surface area contributed by atoms with Crippen LogP contribution < -0.4 is 5.32 Å². The Morgan fingerprint density at radius 1 is 1.09 bits per heavy atom. The number of piperidine rings is 1. The minimum atomic E-state index is -2.84. The first-order valence-corrected chi connectivity index (χ1v) is 11.7. The summed E-state index contributed by atoms with van der Waals surface area (Å²) in [5, 5.41) is 11.7. The second-order valence-electron chi connectivity index (χ2n) is 9.01. The number of carbonyl (C=O) groups is 3. The largest absolute Gasteiger partial charge is 0.481 e. The lowest BCUT2D eigenvalue weighted by atomic mass is 9.89. The Morgan fingerprint density at radius 2 is 1.69 bits per heavy atom. The molecule has 0 bridgehead atoms. The Bertz CT molecular complexity index is 1060. The maximum absolute atomic E-state index is 13.3. The number of benzene rings is 2. The fourth-order valence-corrected chi connectivity index (χ4v) is 5.17. The molecule has 0 aromatic heterocycles. The number of halogens is 2. The molecule has 9 heteroatoms. The van der Waals surface area contributed by atoms with E-state index in [1.165, 1.54) is 4.90 Å². The average molecular weight is 487 g/mol. The molecule has 0 saturated carbocycles. The van der Waals surface area contributed by atoms with Crippen LogP contribution in [0.2, 0.25) is 0 Å². The SMILES string of the molecule is CC1C(C(=O)O)CCCN1C(=O)C(CC(F)F)NC(=O)OCC1c2ccccc2-c2ccccc21. The van der Waals surface area contributed by atoms with Gasteiger partial charge in [-0.3, -0.25) is 9.59 Å². The first kappa shape index (κ1) is 24.6. The van der Waals surface area contributed by atoms with Gasteiger partial charge in [0.2, 0.25) is 12.3 Å². The second kappa shape index (κ2) is 10.4. The molecule has 3 unspecified atom stereocenters. The molecule has 2 aromatic rings. The summed E-state index contributed by atoms with van der Waals surface area (Å²) in [4.78, 5) is 38.5. The monoisotopic (exact) mass is 486 g/mol. The number of nitrogens with one attached hydrogen (secondary N) is 1. The van der Waals surface area contributed by atoms with E-state index >= 15 is 0 Å². The summed E-state index contributed by atoms with van der Waals surface area (Å²) < 4.78 is 32.0. The van der Waals surface area contributed by atoms with Crippen molar-refractivity contribution < 1.29 is 33.0 Å². The zero-order valence-electron chi connectivity index (χ0n) is 19.3.